The fourth-order valence-corrected chi connectivity index (χ4v) is 14.1. The SMILES string of the molecule is C=C/C(F)=C\C=C\C1(C2=CCC(Oc3ccc(C=C)cc3)C=C2)c2ccccc2-c2ccc(N(c3ccc(-c4ccc5oc6ccccc6c5c4)cc3)c3ccc4c(c3)C(C3=CC=C(F)CC3)(c3ccc(Oc5ccc(C=C)cc5)cc3)c3ccccc3-4)cc21. The number of hydrogen-bond acceptors (Lipinski definition) is 4. The first-order valence-electron chi connectivity index (χ1n) is 30.5. The van der Waals surface area contributed by atoms with Gasteiger partial charge in [0.2, 0.25) is 0 Å². The van der Waals surface area contributed by atoms with E-state index in [1.807, 2.05) is 103 Å². The lowest BCUT2D eigenvalue weighted by atomic mass is 9.65. The minimum atomic E-state index is -0.867. The van der Waals surface area contributed by atoms with Crippen LogP contribution >= 0.6 is 0 Å². The molecule has 0 fully saturated rings. The molecule has 0 saturated heterocycles. The van der Waals surface area contributed by atoms with Gasteiger partial charge in [-0.05, 0) is 200 Å². The number of furan rings is 1. The zero-order valence-electron chi connectivity index (χ0n) is 49.5. The molecule has 0 bridgehead atoms. The van der Waals surface area contributed by atoms with Crippen molar-refractivity contribution in [3.8, 4) is 50.6 Å². The third kappa shape index (κ3) is 9.51. The van der Waals surface area contributed by atoms with Crippen LogP contribution in [0.25, 0.3) is 67.5 Å². The van der Waals surface area contributed by atoms with E-state index in [0.29, 0.717) is 25.0 Å². The Bertz CT molecular complexity index is 4880. The van der Waals surface area contributed by atoms with E-state index >= 15 is 8.78 Å². The number of rotatable bonds is 16. The summed E-state index contributed by atoms with van der Waals surface area (Å²) in [7, 11) is 0. The third-order valence-corrected chi connectivity index (χ3v) is 18.4. The first-order chi connectivity index (χ1) is 44.2. The number of ether oxygens (including phenoxy) is 2. The Morgan fingerprint density at radius 3 is 1.82 bits per heavy atom. The highest BCUT2D eigenvalue weighted by molar-refractivity contribution is 6.06. The molecule has 11 aromatic rings. The van der Waals surface area contributed by atoms with Gasteiger partial charge in [-0.3, -0.25) is 0 Å². The Morgan fingerprint density at radius 2 is 1.14 bits per heavy atom. The summed E-state index contributed by atoms with van der Waals surface area (Å²) in [4.78, 5) is 2.36. The molecule has 0 N–H and O–H groups in total. The maximum absolute atomic E-state index is 15.4. The van der Waals surface area contributed by atoms with Crippen LogP contribution < -0.4 is 14.4 Å². The van der Waals surface area contributed by atoms with Crippen molar-refractivity contribution < 1.29 is 22.7 Å². The molecule has 434 valence electrons. The average molecular weight is 1170 g/mol. The maximum atomic E-state index is 15.4. The van der Waals surface area contributed by atoms with Gasteiger partial charge >= 0.3 is 0 Å². The second kappa shape index (κ2) is 22.9. The van der Waals surface area contributed by atoms with E-state index in [1.54, 1.807) is 6.08 Å². The van der Waals surface area contributed by atoms with E-state index < -0.39 is 16.7 Å². The molecule has 1 aromatic heterocycles. The monoisotopic (exact) mass is 1170 g/mol. The van der Waals surface area contributed by atoms with Crippen molar-refractivity contribution in [1.82, 2.24) is 0 Å². The summed E-state index contributed by atoms with van der Waals surface area (Å²) in [5.74, 6) is 1.63. The normalized spacial score (nSPS) is 18.0. The number of nitrogens with zero attached hydrogens (tertiary/aromatic N) is 1. The molecule has 0 amide bonds. The van der Waals surface area contributed by atoms with Crippen molar-refractivity contribution in [2.24, 2.45) is 0 Å². The Labute approximate surface area is 523 Å². The molecule has 6 heteroatoms. The van der Waals surface area contributed by atoms with Crippen LogP contribution in [0.3, 0.4) is 0 Å². The van der Waals surface area contributed by atoms with Gasteiger partial charge in [-0.15, -0.1) is 0 Å². The van der Waals surface area contributed by atoms with Gasteiger partial charge < -0.3 is 18.8 Å². The molecule has 10 aromatic carbocycles. The Hall–Kier alpha value is -11.1. The van der Waals surface area contributed by atoms with Gasteiger partial charge in [0, 0.05) is 40.7 Å². The number of anilines is 3. The van der Waals surface area contributed by atoms with Gasteiger partial charge in [-0.1, -0.05) is 201 Å². The minimum absolute atomic E-state index is 0.137. The van der Waals surface area contributed by atoms with Crippen LogP contribution in [0.5, 0.6) is 17.2 Å². The van der Waals surface area contributed by atoms with Crippen molar-refractivity contribution in [1.29, 1.82) is 0 Å². The predicted molar refractivity (Wildman–Crippen MR) is 366 cm³/mol. The maximum Gasteiger partial charge on any atom is 0.135 e. The lowest BCUT2D eigenvalue weighted by Gasteiger charge is -2.37. The zero-order chi connectivity index (χ0) is 60.9. The second-order valence-electron chi connectivity index (χ2n) is 23.3. The number of fused-ring (bicyclic) bond motifs is 9. The third-order valence-electron chi connectivity index (χ3n) is 18.4. The summed E-state index contributed by atoms with van der Waals surface area (Å²) in [6, 6.07) is 78.5. The van der Waals surface area contributed by atoms with E-state index in [9.17, 15) is 0 Å². The molecule has 4 nitrogen and oxygen atoms in total. The molecule has 90 heavy (non-hydrogen) atoms. The summed E-state index contributed by atoms with van der Waals surface area (Å²) in [5.41, 5.74) is 18.9. The Morgan fingerprint density at radius 1 is 0.544 bits per heavy atom. The molecular formula is C84H61F2NO3. The van der Waals surface area contributed by atoms with Gasteiger partial charge in [0.15, 0.2) is 0 Å². The van der Waals surface area contributed by atoms with Crippen LogP contribution in [0, 0.1) is 0 Å². The lowest BCUT2D eigenvalue weighted by Crippen LogP contribution is -2.30. The Balaban J connectivity index is 0.913. The van der Waals surface area contributed by atoms with Gasteiger partial charge in [-0.25, -0.2) is 8.78 Å². The van der Waals surface area contributed by atoms with Crippen molar-refractivity contribution in [3.05, 3.63) is 361 Å². The van der Waals surface area contributed by atoms with E-state index in [0.717, 1.165) is 134 Å². The predicted octanol–water partition coefficient (Wildman–Crippen LogP) is 22.9. The number of benzene rings is 10. The van der Waals surface area contributed by atoms with Gasteiger partial charge in [0.1, 0.15) is 46.2 Å². The average Bonchev–Trinajstić information content (AvgIpc) is 1.54. The van der Waals surface area contributed by atoms with Crippen LogP contribution in [-0.2, 0) is 10.8 Å². The van der Waals surface area contributed by atoms with Gasteiger partial charge in [0.05, 0.1) is 10.8 Å². The molecule has 0 radical (unpaired) electrons. The summed E-state index contributed by atoms with van der Waals surface area (Å²) in [6.07, 6.45) is 21.8. The quantitative estimate of drug-likeness (QED) is 0.0903. The highest BCUT2D eigenvalue weighted by Gasteiger charge is 2.48. The van der Waals surface area contributed by atoms with Crippen molar-refractivity contribution in [2.75, 3.05) is 4.90 Å². The molecule has 3 atom stereocenters. The fourth-order valence-electron chi connectivity index (χ4n) is 14.1. The summed E-state index contributed by atoms with van der Waals surface area (Å²) >= 11 is 0. The summed E-state index contributed by atoms with van der Waals surface area (Å²) in [6.45, 7) is 11.6. The zero-order valence-corrected chi connectivity index (χ0v) is 49.5. The molecule has 0 spiro atoms. The summed E-state index contributed by atoms with van der Waals surface area (Å²) in [5, 5.41) is 2.14. The standard InChI is InChI=1S/C84H61F2NO3/c1-4-55-21-40-67(41-22-55)88-69-44-30-59(31-45-69)83(51-13-14-62(85)6-3)77-18-10-7-15-71(77)73-48-38-65(53-79(73)83)87(64-36-25-57(26-37-64)58-27-50-82-76(52-58)75-17-9-12-20-81(75)90-82)66-39-49-74-72-16-8-11-19-78(72)84(80(74)54-66,60-28-34-63(86)35-29-60)61-32-46-70(47-33-61)89-68-42-23-56(5-2)24-43-68/h4-28,30-34,36-44,46-54,69H,1-3,29,35,45H2/b51-13+,62-14+. The highest BCUT2D eigenvalue weighted by Crippen LogP contribution is 2.60. The lowest BCUT2D eigenvalue weighted by molar-refractivity contribution is 0.250. The molecular weight excluding hydrogens is 1110 g/mol. The molecule has 15 rings (SSSR count). The fraction of sp³-hybridized carbons (Fsp3) is 0.0714. The van der Waals surface area contributed by atoms with Gasteiger partial charge in [0.25, 0.3) is 0 Å². The first-order valence-corrected chi connectivity index (χ1v) is 30.5. The van der Waals surface area contributed by atoms with Crippen molar-refractivity contribution in [2.45, 2.75) is 36.2 Å². The molecule has 3 unspecified atom stereocenters. The number of allylic oxidation sites excluding steroid dienone is 11. The van der Waals surface area contributed by atoms with Crippen LogP contribution in [0.1, 0.15) is 58.2 Å². The van der Waals surface area contributed by atoms with E-state index in [4.69, 9.17) is 13.9 Å². The van der Waals surface area contributed by atoms with E-state index in [-0.39, 0.29) is 11.9 Å². The minimum Gasteiger partial charge on any atom is -0.486 e. The molecule has 1 heterocycles. The number of hydrogen-bond donors (Lipinski definition) is 0. The topological polar surface area (TPSA) is 34.8 Å². The Kier molecular flexibility index (Phi) is 14.1. The molecule has 0 saturated carbocycles. The number of para-hydroxylation sites is 1. The largest absolute Gasteiger partial charge is 0.486 e. The number of halogens is 2. The van der Waals surface area contributed by atoms with E-state index in [1.165, 1.54) is 12.2 Å². The second-order valence-corrected chi connectivity index (χ2v) is 23.3. The van der Waals surface area contributed by atoms with Gasteiger partial charge in [-0.2, -0.15) is 0 Å². The van der Waals surface area contributed by atoms with Crippen molar-refractivity contribution >= 4 is 51.2 Å². The first kappa shape index (κ1) is 55.5. The summed E-state index contributed by atoms with van der Waals surface area (Å²) < 4.78 is 49.9. The highest BCUT2D eigenvalue weighted by atomic mass is 19.1. The van der Waals surface area contributed by atoms with E-state index in [2.05, 4.69) is 195 Å². The molecule has 4 aliphatic rings. The smallest absolute Gasteiger partial charge is 0.135 e. The van der Waals surface area contributed by atoms with Crippen LogP contribution in [-0.4, -0.2) is 6.10 Å². The van der Waals surface area contributed by atoms with Crippen LogP contribution in [0.2, 0.25) is 0 Å². The molecule has 4 aliphatic carbocycles. The van der Waals surface area contributed by atoms with Crippen molar-refractivity contribution in [3.63, 3.8) is 0 Å². The van der Waals surface area contributed by atoms with Crippen LogP contribution in [0.15, 0.2) is 326 Å². The van der Waals surface area contributed by atoms with Crippen LogP contribution in [0.4, 0.5) is 25.8 Å². The molecule has 0 aliphatic heterocycles.